The number of nitrogens with one attached hydrogen (secondary N) is 2. The number of benzene rings is 2. The molecule has 13 heteroatoms. The Morgan fingerprint density at radius 3 is 2.59 bits per heavy atom. The van der Waals surface area contributed by atoms with E-state index in [-0.39, 0.29) is 21.8 Å². The second kappa shape index (κ2) is 10.7. The van der Waals surface area contributed by atoms with Gasteiger partial charge in [0.15, 0.2) is 0 Å². The molecule has 3 aliphatic carbocycles. The Kier molecular flexibility index (Phi) is 7.01. The molecule has 2 aromatic carbocycles. The molecule has 5 aromatic rings. The quantitative estimate of drug-likeness (QED) is 0.168. The van der Waals surface area contributed by atoms with E-state index in [1.807, 2.05) is 41.2 Å². The molecule has 0 spiro atoms. The lowest BCUT2D eigenvalue weighted by molar-refractivity contribution is -0.206. The van der Waals surface area contributed by atoms with Crippen LogP contribution in [0.1, 0.15) is 56.0 Å². The van der Waals surface area contributed by atoms with Gasteiger partial charge in [-0.2, -0.15) is 18.4 Å². The first kappa shape index (κ1) is 30.0. The molecule has 0 amide bonds. The van der Waals surface area contributed by atoms with Gasteiger partial charge < -0.3 is 15.4 Å². The molecule has 0 saturated heterocycles. The number of rotatable bonds is 9. The lowest BCUT2D eigenvalue weighted by atomic mass is 9.50. The Bertz CT molecular complexity index is 2020. The number of nitrogens with zero attached hydrogens (tertiary/aromatic N) is 6. The number of aromatic nitrogens is 5. The highest BCUT2D eigenvalue weighted by molar-refractivity contribution is 6.35. The van der Waals surface area contributed by atoms with Crippen LogP contribution < -0.4 is 15.4 Å². The summed E-state index contributed by atoms with van der Waals surface area (Å²) >= 11 is 6.75. The first-order valence-corrected chi connectivity index (χ1v) is 15.2. The molecule has 9 nitrogen and oxygen atoms in total. The normalized spacial score (nSPS) is 19.7. The number of nitriles is 1. The third-order valence-electron chi connectivity index (χ3n) is 9.44. The van der Waals surface area contributed by atoms with E-state index in [1.54, 1.807) is 25.4 Å². The Morgan fingerprint density at radius 1 is 1.13 bits per heavy atom. The summed E-state index contributed by atoms with van der Waals surface area (Å²) in [6.45, 7) is 1.75. The zero-order valence-electron chi connectivity index (χ0n) is 25.3. The SMILES string of the molecule is COc1nccc2c(C(Nc3cc(Cl)c4ncc(C#N)c(NCC(C)(C)C(F)(F)F)c4c3)c3cn(C45CC(C4)C5)nn3)cccc12. The molecule has 3 fully saturated rings. The standard InChI is InChI=1S/C33H30ClF3N8O/c1-31(2,33(35,36)37)17-41-27-19(14-38)15-40-28-24(27)9-20(10-25(28)34)42-29(26-16-45(44-43-26)32-11-18(12-32)13-32)22-5-4-6-23-21(22)7-8-39-30(23)46-3/h4-10,15-16,18,29,42H,11-13,17H2,1-3H3,(H,40,41). The summed E-state index contributed by atoms with van der Waals surface area (Å²) in [7, 11) is 1.57. The fraction of sp³-hybridized carbons (Fsp3) is 0.364. The Hall–Kier alpha value is -4.63. The van der Waals surface area contributed by atoms with E-state index >= 15 is 0 Å². The summed E-state index contributed by atoms with van der Waals surface area (Å²) in [5.74, 6) is 1.24. The van der Waals surface area contributed by atoms with Gasteiger partial charge in [0.1, 0.15) is 11.8 Å². The van der Waals surface area contributed by atoms with Crippen molar-refractivity contribution < 1.29 is 17.9 Å². The predicted molar refractivity (Wildman–Crippen MR) is 169 cm³/mol. The molecule has 3 saturated carbocycles. The molecule has 0 aliphatic heterocycles. The van der Waals surface area contributed by atoms with Crippen LogP contribution in [0.15, 0.2) is 55.0 Å². The highest BCUT2D eigenvalue weighted by Crippen LogP contribution is 2.62. The van der Waals surface area contributed by atoms with Crippen LogP contribution in [-0.4, -0.2) is 44.8 Å². The van der Waals surface area contributed by atoms with Crippen molar-refractivity contribution in [3.05, 3.63) is 76.8 Å². The van der Waals surface area contributed by atoms with Gasteiger partial charge in [-0.15, -0.1) is 5.10 Å². The molecule has 3 heterocycles. The molecule has 2 bridgehead atoms. The maximum absolute atomic E-state index is 13.7. The van der Waals surface area contributed by atoms with E-state index < -0.39 is 24.2 Å². The first-order valence-electron chi connectivity index (χ1n) is 14.9. The van der Waals surface area contributed by atoms with Crippen molar-refractivity contribution in [3.63, 3.8) is 0 Å². The number of alkyl halides is 3. The van der Waals surface area contributed by atoms with E-state index in [4.69, 9.17) is 16.3 Å². The van der Waals surface area contributed by atoms with Crippen LogP contribution in [0, 0.1) is 22.7 Å². The molecule has 236 valence electrons. The number of anilines is 2. The summed E-state index contributed by atoms with van der Waals surface area (Å²) in [4.78, 5) is 8.72. The second-order valence-electron chi connectivity index (χ2n) is 12.9. The van der Waals surface area contributed by atoms with Crippen LogP contribution in [0.5, 0.6) is 5.88 Å². The van der Waals surface area contributed by atoms with Gasteiger partial charge >= 0.3 is 6.18 Å². The molecule has 1 atom stereocenters. The lowest BCUT2D eigenvalue weighted by Gasteiger charge is -2.61. The van der Waals surface area contributed by atoms with Crippen molar-refractivity contribution in [1.82, 2.24) is 25.0 Å². The lowest BCUT2D eigenvalue weighted by Crippen LogP contribution is -2.59. The van der Waals surface area contributed by atoms with E-state index in [9.17, 15) is 18.4 Å². The second-order valence-corrected chi connectivity index (χ2v) is 13.3. The molecule has 1 unspecified atom stereocenters. The smallest absolute Gasteiger partial charge is 0.395 e. The summed E-state index contributed by atoms with van der Waals surface area (Å²) in [5, 5.41) is 27.8. The molecule has 8 rings (SSSR count). The van der Waals surface area contributed by atoms with E-state index in [0.29, 0.717) is 28.2 Å². The van der Waals surface area contributed by atoms with Crippen molar-refractivity contribution in [3.8, 4) is 11.9 Å². The van der Waals surface area contributed by atoms with Crippen LogP contribution in [0.3, 0.4) is 0 Å². The monoisotopic (exact) mass is 646 g/mol. The number of fused-ring (bicyclic) bond motifs is 2. The number of pyridine rings is 2. The maximum Gasteiger partial charge on any atom is 0.395 e. The van der Waals surface area contributed by atoms with E-state index in [2.05, 4.69) is 30.9 Å². The van der Waals surface area contributed by atoms with Crippen molar-refractivity contribution in [2.75, 3.05) is 24.3 Å². The van der Waals surface area contributed by atoms with Gasteiger partial charge in [-0.05, 0) is 74.2 Å². The number of hydrogen-bond donors (Lipinski definition) is 2. The maximum atomic E-state index is 13.7. The molecular weight excluding hydrogens is 617 g/mol. The van der Waals surface area contributed by atoms with E-state index in [0.717, 1.165) is 55.4 Å². The predicted octanol–water partition coefficient (Wildman–Crippen LogP) is 7.62. The molecular formula is C33H30ClF3N8O. The van der Waals surface area contributed by atoms with Gasteiger partial charge in [-0.1, -0.05) is 28.9 Å². The summed E-state index contributed by atoms with van der Waals surface area (Å²) < 4.78 is 48.7. The summed E-state index contributed by atoms with van der Waals surface area (Å²) in [5.41, 5.74) is 0.764. The zero-order chi connectivity index (χ0) is 32.4. The van der Waals surface area contributed by atoms with Gasteiger partial charge in [0, 0.05) is 35.4 Å². The molecule has 2 N–H and O–H groups in total. The minimum absolute atomic E-state index is 0.0305. The van der Waals surface area contributed by atoms with Gasteiger partial charge in [0.05, 0.1) is 52.1 Å². The van der Waals surface area contributed by atoms with Gasteiger partial charge in [-0.3, -0.25) is 4.98 Å². The Labute approximate surface area is 267 Å². The zero-order valence-corrected chi connectivity index (χ0v) is 26.0. The summed E-state index contributed by atoms with van der Waals surface area (Å²) in [6, 6.07) is 12.7. The van der Waals surface area contributed by atoms with Gasteiger partial charge in [-0.25, -0.2) is 9.67 Å². The third-order valence-corrected chi connectivity index (χ3v) is 9.73. The Morgan fingerprint density at radius 2 is 1.91 bits per heavy atom. The van der Waals surface area contributed by atoms with Crippen LogP contribution >= 0.6 is 11.6 Å². The molecule has 3 aromatic heterocycles. The van der Waals surface area contributed by atoms with Crippen LogP contribution in [-0.2, 0) is 5.54 Å². The van der Waals surface area contributed by atoms with Crippen molar-refractivity contribution in [1.29, 1.82) is 5.26 Å². The van der Waals surface area contributed by atoms with Crippen LogP contribution in [0.4, 0.5) is 24.5 Å². The molecule has 46 heavy (non-hydrogen) atoms. The number of ether oxygens (including phenoxy) is 1. The Balaban J connectivity index is 1.34. The van der Waals surface area contributed by atoms with E-state index in [1.165, 1.54) is 6.20 Å². The van der Waals surface area contributed by atoms with Gasteiger partial charge in [0.25, 0.3) is 0 Å². The number of hydrogen-bond acceptors (Lipinski definition) is 8. The summed E-state index contributed by atoms with van der Waals surface area (Å²) in [6.07, 6.45) is 3.81. The average Bonchev–Trinajstić information content (AvgIpc) is 3.45. The minimum Gasteiger partial charge on any atom is -0.481 e. The molecule has 0 radical (unpaired) electrons. The fourth-order valence-electron chi connectivity index (χ4n) is 6.48. The van der Waals surface area contributed by atoms with Crippen molar-refractivity contribution in [2.45, 2.75) is 50.9 Å². The molecule has 3 aliphatic rings. The number of methoxy groups -OCH3 is 1. The first-order chi connectivity index (χ1) is 21.9. The van der Waals surface area contributed by atoms with Crippen molar-refractivity contribution in [2.24, 2.45) is 11.3 Å². The van der Waals surface area contributed by atoms with Crippen LogP contribution in [0.2, 0.25) is 5.02 Å². The van der Waals surface area contributed by atoms with Crippen LogP contribution in [0.25, 0.3) is 21.7 Å². The minimum atomic E-state index is -4.46. The highest BCUT2D eigenvalue weighted by atomic mass is 35.5. The highest BCUT2D eigenvalue weighted by Gasteiger charge is 2.59. The third kappa shape index (κ3) is 4.85. The topological polar surface area (TPSA) is 114 Å². The average molecular weight is 647 g/mol. The largest absolute Gasteiger partial charge is 0.481 e. The van der Waals surface area contributed by atoms with Gasteiger partial charge in [0.2, 0.25) is 5.88 Å². The van der Waals surface area contributed by atoms with Crippen molar-refractivity contribution >= 4 is 44.7 Å². The number of halogens is 4. The fourth-order valence-corrected chi connectivity index (χ4v) is 6.75.